The molecule has 1 aromatic rings. The van der Waals surface area contributed by atoms with Crippen molar-refractivity contribution in [3.8, 4) is 0 Å². The lowest BCUT2D eigenvalue weighted by atomic mass is 10.1. The van der Waals surface area contributed by atoms with Gasteiger partial charge in [-0.1, -0.05) is 36.2 Å². The summed E-state index contributed by atoms with van der Waals surface area (Å²) in [7, 11) is 0. The van der Waals surface area contributed by atoms with E-state index in [1.807, 2.05) is 6.92 Å². The lowest BCUT2D eigenvalue weighted by Crippen LogP contribution is -2.37. The van der Waals surface area contributed by atoms with Gasteiger partial charge in [-0.05, 0) is 24.1 Å². The summed E-state index contributed by atoms with van der Waals surface area (Å²) in [6.07, 6.45) is 0.578. The van der Waals surface area contributed by atoms with Gasteiger partial charge in [0.05, 0.1) is 12.8 Å². The normalized spacial score (nSPS) is 11.9. The van der Waals surface area contributed by atoms with E-state index in [0.717, 1.165) is 0 Å². The lowest BCUT2D eigenvalue weighted by molar-refractivity contribution is -0.137. The molecule has 6 heteroatoms. The zero-order valence-corrected chi connectivity index (χ0v) is 12.0. The average Bonchev–Trinajstić information content (AvgIpc) is 2.31. The molecule has 1 amide bonds. The van der Waals surface area contributed by atoms with Crippen molar-refractivity contribution in [1.29, 1.82) is 0 Å². The topological polar surface area (TPSA) is 66.4 Å². The van der Waals surface area contributed by atoms with E-state index in [0.29, 0.717) is 22.0 Å². The minimum atomic E-state index is -0.934. The van der Waals surface area contributed by atoms with E-state index in [2.05, 4.69) is 5.32 Å². The Kier molecular flexibility index (Phi) is 6.12. The Morgan fingerprint density at radius 3 is 2.58 bits per heavy atom. The molecule has 1 unspecified atom stereocenters. The minimum absolute atomic E-state index is 0.0867. The molecule has 4 nitrogen and oxygen atoms in total. The van der Waals surface area contributed by atoms with Crippen molar-refractivity contribution in [2.75, 3.05) is 0 Å². The maximum absolute atomic E-state index is 11.8. The summed E-state index contributed by atoms with van der Waals surface area (Å²) in [5, 5.41) is 12.3. The van der Waals surface area contributed by atoms with Gasteiger partial charge >= 0.3 is 5.97 Å². The Morgan fingerprint density at radius 2 is 2.05 bits per heavy atom. The van der Waals surface area contributed by atoms with Crippen molar-refractivity contribution in [2.24, 2.45) is 0 Å². The van der Waals surface area contributed by atoms with Crippen LogP contribution in [0.5, 0.6) is 0 Å². The fraction of sp³-hybridized carbons (Fsp3) is 0.385. The van der Waals surface area contributed by atoms with Crippen LogP contribution in [0.1, 0.15) is 25.3 Å². The van der Waals surface area contributed by atoms with Gasteiger partial charge < -0.3 is 10.4 Å². The van der Waals surface area contributed by atoms with Crippen LogP contribution >= 0.6 is 23.2 Å². The first kappa shape index (κ1) is 15.8. The average molecular weight is 304 g/mol. The highest BCUT2D eigenvalue weighted by atomic mass is 35.5. The van der Waals surface area contributed by atoms with Gasteiger partial charge in [0.15, 0.2) is 0 Å². The third kappa shape index (κ3) is 5.49. The molecule has 0 saturated carbocycles. The summed E-state index contributed by atoms with van der Waals surface area (Å²) in [4.78, 5) is 22.4. The Hall–Kier alpha value is -1.26. The molecule has 1 atom stereocenters. The van der Waals surface area contributed by atoms with Crippen LogP contribution in [0.4, 0.5) is 0 Å². The fourth-order valence-electron chi connectivity index (χ4n) is 1.62. The van der Waals surface area contributed by atoms with Crippen LogP contribution in [-0.4, -0.2) is 23.0 Å². The number of carbonyl (C=O) groups excluding carboxylic acids is 1. The predicted molar refractivity (Wildman–Crippen MR) is 74.6 cm³/mol. The van der Waals surface area contributed by atoms with Crippen LogP contribution < -0.4 is 5.32 Å². The van der Waals surface area contributed by atoms with Crippen LogP contribution in [0, 0.1) is 0 Å². The number of hydrogen-bond donors (Lipinski definition) is 2. The smallest absolute Gasteiger partial charge is 0.305 e. The minimum Gasteiger partial charge on any atom is -0.481 e. The summed E-state index contributed by atoms with van der Waals surface area (Å²) in [5.74, 6) is -1.19. The SMILES string of the molecule is CCC(CC(=O)O)NC(=O)Cc1ccc(Cl)cc1Cl. The Morgan fingerprint density at radius 1 is 1.37 bits per heavy atom. The molecule has 19 heavy (non-hydrogen) atoms. The molecule has 0 aliphatic heterocycles. The molecule has 0 fully saturated rings. The third-order valence-electron chi connectivity index (χ3n) is 2.65. The van der Waals surface area contributed by atoms with Gasteiger partial charge in [-0.2, -0.15) is 0 Å². The summed E-state index contributed by atoms with van der Waals surface area (Å²) in [6, 6.07) is 4.55. The first-order valence-electron chi connectivity index (χ1n) is 5.87. The van der Waals surface area contributed by atoms with E-state index in [4.69, 9.17) is 28.3 Å². The van der Waals surface area contributed by atoms with Gasteiger partial charge in [0, 0.05) is 16.1 Å². The molecule has 0 heterocycles. The molecule has 0 aromatic heterocycles. The van der Waals surface area contributed by atoms with Crippen molar-refractivity contribution < 1.29 is 14.7 Å². The number of nitrogens with one attached hydrogen (secondary N) is 1. The molecule has 1 aromatic carbocycles. The second kappa shape index (κ2) is 7.36. The Labute approximate surface area is 121 Å². The fourth-order valence-corrected chi connectivity index (χ4v) is 2.10. The highest BCUT2D eigenvalue weighted by Gasteiger charge is 2.15. The highest BCUT2D eigenvalue weighted by molar-refractivity contribution is 6.35. The zero-order valence-electron chi connectivity index (χ0n) is 10.5. The van der Waals surface area contributed by atoms with E-state index in [9.17, 15) is 9.59 Å². The van der Waals surface area contributed by atoms with E-state index in [1.54, 1.807) is 18.2 Å². The van der Waals surface area contributed by atoms with Gasteiger partial charge in [-0.3, -0.25) is 9.59 Å². The number of carboxylic acid groups (broad SMARTS) is 1. The molecule has 0 aliphatic rings. The van der Waals surface area contributed by atoms with Crippen molar-refractivity contribution in [3.63, 3.8) is 0 Å². The largest absolute Gasteiger partial charge is 0.481 e. The summed E-state index contributed by atoms with van der Waals surface area (Å²) < 4.78 is 0. The molecule has 1 rings (SSSR count). The number of hydrogen-bond acceptors (Lipinski definition) is 2. The van der Waals surface area contributed by atoms with Crippen LogP contribution in [0.2, 0.25) is 10.0 Å². The molecule has 0 spiro atoms. The second-order valence-corrected chi connectivity index (χ2v) is 5.03. The number of amides is 1. The van der Waals surface area contributed by atoms with Gasteiger partial charge in [0.2, 0.25) is 5.91 Å². The second-order valence-electron chi connectivity index (χ2n) is 4.18. The number of aliphatic carboxylic acids is 1. The predicted octanol–water partition coefficient (Wildman–Crippen LogP) is 2.91. The number of rotatable bonds is 6. The van der Waals surface area contributed by atoms with E-state index in [-0.39, 0.29) is 24.8 Å². The van der Waals surface area contributed by atoms with Gasteiger partial charge in [-0.25, -0.2) is 0 Å². The first-order valence-corrected chi connectivity index (χ1v) is 6.63. The molecule has 0 radical (unpaired) electrons. The van der Waals surface area contributed by atoms with Crippen LogP contribution in [0.15, 0.2) is 18.2 Å². The molecule has 2 N–H and O–H groups in total. The van der Waals surface area contributed by atoms with Crippen LogP contribution in [0.3, 0.4) is 0 Å². The maximum atomic E-state index is 11.8. The molecule has 0 aliphatic carbocycles. The summed E-state index contributed by atoms with van der Waals surface area (Å²) in [5.41, 5.74) is 0.661. The van der Waals surface area contributed by atoms with Crippen LogP contribution in [0.25, 0.3) is 0 Å². The van der Waals surface area contributed by atoms with E-state index < -0.39 is 5.97 Å². The third-order valence-corrected chi connectivity index (χ3v) is 3.23. The molecule has 0 saturated heterocycles. The first-order chi connectivity index (χ1) is 8.92. The highest BCUT2D eigenvalue weighted by Crippen LogP contribution is 2.21. The maximum Gasteiger partial charge on any atom is 0.305 e. The standard InChI is InChI=1S/C13H15Cl2NO3/c1-2-10(7-13(18)19)16-12(17)5-8-3-4-9(14)6-11(8)15/h3-4,6,10H,2,5,7H2,1H3,(H,16,17)(H,18,19). The van der Waals surface area contributed by atoms with Gasteiger partial charge in [0.25, 0.3) is 0 Å². The lowest BCUT2D eigenvalue weighted by Gasteiger charge is -2.15. The number of carboxylic acids is 1. The molecule has 104 valence electrons. The molecular weight excluding hydrogens is 289 g/mol. The summed E-state index contributed by atoms with van der Waals surface area (Å²) in [6.45, 7) is 1.82. The van der Waals surface area contributed by atoms with Crippen molar-refractivity contribution in [1.82, 2.24) is 5.32 Å². The van der Waals surface area contributed by atoms with Gasteiger partial charge in [-0.15, -0.1) is 0 Å². The summed E-state index contributed by atoms with van der Waals surface area (Å²) >= 11 is 11.7. The Balaban J connectivity index is 2.61. The molecular formula is C13H15Cl2NO3. The zero-order chi connectivity index (χ0) is 14.4. The number of halogens is 2. The van der Waals surface area contributed by atoms with E-state index in [1.165, 1.54) is 0 Å². The quantitative estimate of drug-likeness (QED) is 0.849. The number of benzene rings is 1. The van der Waals surface area contributed by atoms with Crippen molar-refractivity contribution in [2.45, 2.75) is 32.2 Å². The van der Waals surface area contributed by atoms with Crippen molar-refractivity contribution >= 4 is 35.1 Å². The van der Waals surface area contributed by atoms with E-state index >= 15 is 0 Å². The van der Waals surface area contributed by atoms with Crippen LogP contribution in [-0.2, 0) is 16.0 Å². The monoisotopic (exact) mass is 303 g/mol. The number of carbonyl (C=O) groups is 2. The van der Waals surface area contributed by atoms with Crippen molar-refractivity contribution in [3.05, 3.63) is 33.8 Å². The Bertz CT molecular complexity index is 477. The molecule has 0 bridgehead atoms. The van der Waals surface area contributed by atoms with Gasteiger partial charge in [0.1, 0.15) is 0 Å².